The van der Waals surface area contributed by atoms with Gasteiger partial charge in [-0.2, -0.15) is 0 Å². The zero-order valence-corrected chi connectivity index (χ0v) is 11.8. The Balaban J connectivity index is 1.94. The van der Waals surface area contributed by atoms with Gasteiger partial charge in [0.15, 0.2) is 11.6 Å². The number of fused-ring (bicyclic) bond motifs is 1. The molecular weight excluding hydrogens is 259 g/mol. The fourth-order valence-corrected chi connectivity index (χ4v) is 3.36. The minimum Gasteiger partial charge on any atom is -0.494 e. The smallest absolute Gasteiger partial charge is 0.167 e. The van der Waals surface area contributed by atoms with E-state index in [-0.39, 0.29) is 11.9 Å². The molecule has 1 heterocycles. The lowest BCUT2D eigenvalue weighted by Gasteiger charge is -2.45. The molecule has 0 aromatic heterocycles. The first kappa shape index (κ1) is 13.5. The van der Waals surface area contributed by atoms with Gasteiger partial charge in [0.2, 0.25) is 0 Å². The second-order valence-electron chi connectivity index (χ2n) is 5.50. The van der Waals surface area contributed by atoms with Crippen molar-refractivity contribution in [1.29, 1.82) is 0 Å². The average molecular weight is 280 g/mol. The Labute approximate surface area is 118 Å². The number of rotatable bonds is 2. The number of hydrogen-bond acceptors (Lipinski definition) is 4. The average Bonchev–Trinajstić information content (AvgIpc) is 2.47. The molecule has 5 heteroatoms. The molecule has 2 N–H and O–H groups in total. The molecule has 1 aromatic carbocycles. The summed E-state index contributed by atoms with van der Waals surface area (Å²) in [4.78, 5) is 2.27. The fourth-order valence-electron chi connectivity index (χ4n) is 3.36. The van der Waals surface area contributed by atoms with E-state index in [1.807, 2.05) is 0 Å². The minimum atomic E-state index is -0.415. The second kappa shape index (κ2) is 5.48. The third kappa shape index (κ3) is 2.30. The Morgan fingerprint density at radius 2 is 2.15 bits per heavy atom. The van der Waals surface area contributed by atoms with Crippen LogP contribution in [0, 0.1) is 5.82 Å². The molecule has 20 heavy (non-hydrogen) atoms. The van der Waals surface area contributed by atoms with Crippen LogP contribution in [0.25, 0.3) is 0 Å². The second-order valence-corrected chi connectivity index (χ2v) is 5.50. The van der Waals surface area contributed by atoms with Crippen LogP contribution < -0.4 is 15.4 Å². The van der Waals surface area contributed by atoms with Gasteiger partial charge in [-0.15, -0.1) is 0 Å². The Kier molecular flexibility index (Phi) is 3.70. The third-order valence-electron chi connectivity index (χ3n) is 4.34. The van der Waals surface area contributed by atoms with Gasteiger partial charge >= 0.3 is 0 Å². The lowest BCUT2D eigenvalue weighted by Crippen LogP contribution is -2.53. The van der Waals surface area contributed by atoms with Crippen molar-refractivity contribution in [1.82, 2.24) is 0 Å². The summed E-state index contributed by atoms with van der Waals surface area (Å²) >= 11 is 0. The summed E-state index contributed by atoms with van der Waals surface area (Å²) in [6.45, 7) is 1.49. The molecule has 1 saturated heterocycles. The van der Waals surface area contributed by atoms with Crippen LogP contribution in [0.2, 0.25) is 0 Å². The first-order valence-corrected chi connectivity index (χ1v) is 7.22. The molecule has 0 spiro atoms. The molecule has 2 atom stereocenters. The number of nitrogens with zero attached hydrogens (tertiary/aromatic N) is 1. The Hall–Kier alpha value is -1.49. The number of morpholine rings is 1. The highest BCUT2D eigenvalue weighted by Crippen LogP contribution is 2.37. The zero-order chi connectivity index (χ0) is 14.1. The summed E-state index contributed by atoms with van der Waals surface area (Å²) in [5.74, 6) is -0.171. The van der Waals surface area contributed by atoms with E-state index < -0.39 is 5.82 Å². The third-order valence-corrected chi connectivity index (χ3v) is 4.34. The highest BCUT2D eigenvalue weighted by molar-refractivity contribution is 5.70. The Morgan fingerprint density at radius 3 is 2.95 bits per heavy atom. The van der Waals surface area contributed by atoms with E-state index in [0.717, 1.165) is 25.1 Å². The highest BCUT2D eigenvalue weighted by Gasteiger charge is 2.35. The number of halogens is 1. The van der Waals surface area contributed by atoms with E-state index in [2.05, 4.69) is 4.90 Å². The quantitative estimate of drug-likeness (QED) is 0.846. The van der Waals surface area contributed by atoms with Crippen LogP contribution in [0.5, 0.6) is 5.75 Å². The van der Waals surface area contributed by atoms with Crippen molar-refractivity contribution in [3.63, 3.8) is 0 Å². The summed E-state index contributed by atoms with van der Waals surface area (Å²) in [5.41, 5.74) is 7.35. The molecule has 4 nitrogen and oxygen atoms in total. The molecule has 0 bridgehead atoms. The van der Waals surface area contributed by atoms with Gasteiger partial charge in [-0.1, -0.05) is 12.8 Å². The molecule has 110 valence electrons. The monoisotopic (exact) mass is 280 g/mol. The summed E-state index contributed by atoms with van der Waals surface area (Å²) in [6.07, 6.45) is 4.90. The van der Waals surface area contributed by atoms with Gasteiger partial charge in [0.1, 0.15) is 0 Å². The summed E-state index contributed by atoms with van der Waals surface area (Å²) in [7, 11) is 1.47. The van der Waals surface area contributed by atoms with Gasteiger partial charge < -0.3 is 20.1 Å². The number of hydrogen-bond donors (Lipinski definition) is 1. The number of nitrogen functional groups attached to an aromatic ring is 1. The Bertz CT molecular complexity index is 493. The molecule has 2 aliphatic rings. The predicted octanol–water partition coefficient (Wildman–Crippen LogP) is 2.56. The largest absolute Gasteiger partial charge is 0.494 e. The van der Waals surface area contributed by atoms with Crippen molar-refractivity contribution in [2.24, 2.45) is 0 Å². The molecule has 2 fully saturated rings. The molecule has 0 amide bonds. The van der Waals surface area contributed by atoms with Crippen molar-refractivity contribution in [2.45, 2.75) is 37.8 Å². The number of nitrogens with two attached hydrogens (primary N) is 1. The molecule has 1 aromatic rings. The van der Waals surface area contributed by atoms with E-state index >= 15 is 0 Å². The van der Waals surface area contributed by atoms with Gasteiger partial charge in [-0.05, 0) is 12.8 Å². The topological polar surface area (TPSA) is 47.7 Å². The van der Waals surface area contributed by atoms with Crippen LogP contribution in [0.1, 0.15) is 25.7 Å². The van der Waals surface area contributed by atoms with E-state index in [0.29, 0.717) is 18.3 Å². The van der Waals surface area contributed by atoms with Gasteiger partial charge in [-0.3, -0.25) is 0 Å². The number of ether oxygens (including phenoxy) is 2. The van der Waals surface area contributed by atoms with E-state index in [9.17, 15) is 4.39 Å². The minimum absolute atomic E-state index is 0.244. The number of anilines is 2. The SMILES string of the molecule is COc1cc(N2CCOC3CCCCC32)c(N)cc1F. The predicted molar refractivity (Wildman–Crippen MR) is 76.7 cm³/mol. The molecule has 2 unspecified atom stereocenters. The molecule has 1 aliphatic heterocycles. The van der Waals surface area contributed by atoms with Crippen molar-refractivity contribution in [3.05, 3.63) is 17.9 Å². The number of benzene rings is 1. The van der Waals surface area contributed by atoms with Crippen LogP contribution in [-0.2, 0) is 4.74 Å². The van der Waals surface area contributed by atoms with E-state index in [1.54, 1.807) is 6.07 Å². The first-order chi connectivity index (χ1) is 9.70. The van der Waals surface area contributed by atoms with E-state index in [1.165, 1.54) is 26.0 Å². The summed E-state index contributed by atoms with van der Waals surface area (Å²) < 4.78 is 24.6. The lowest BCUT2D eigenvalue weighted by molar-refractivity contribution is -0.00863. The van der Waals surface area contributed by atoms with Crippen LogP contribution in [0.3, 0.4) is 0 Å². The highest BCUT2D eigenvalue weighted by atomic mass is 19.1. The van der Waals surface area contributed by atoms with Gasteiger partial charge in [-0.25, -0.2) is 4.39 Å². The zero-order valence-electron chi connectivity index (χ0n) is 11.8. The van der Waals surface area contributed by atoms with Crippen molar-refractivity contribution >= 4 is 11.4 Å². The normalized spacial score (nSPS) is 26.2. The van der Waals surface area contributed by atoms with Crippen molar-refractivity contribution < 1.29 is 13.9 Å². The maximum Gasteiger partial charge on any atom is 0.167 e. The van der Waals surface area contributed by atoms with Crippen molar-refractivity contribution in [3.8, 4) is 5.75 Å². The molecule has 1 saturated carbocycles. The molecular formula is C15H21FN2O2. The standard InChI is InChI=1S/C15H21FN2O2/c1-19-15-9-13(11(17)8-10(15)16)18-6-7-20-14-5-3-2-4-12(14)18/h8-9,12,14H,2-7,17H2,1H3. The van der Waals surface area contributed by atoms with Crippen molar-refractivity contribution in [2.75, 3.05) is 30.9 Å². The van der Waals surface area contributed by atoms with E-state index in [4.69, 9.17) is 15.2 Å². The fraction of sp³-hybridized carbons (Fsp3) is 0.600. The maximum absolute atomic E-state index is 13.7. The van der Waals surface area contributed by atoms with Crippen LogP contribution in [0.4, 0.5) is 15.8 Å². The van der Waals surface area contributed by atoms with Crippen LogP contribution >= 0.6 is 0 Å². The summed E-state index contributed by atoms with van der Waals surface area (Å²) in [5, 5.41) is 0. The van der Waals surface area contributed by atoms with Gasteiger partial charge in [0.25, 0.3) is 0 Å². The first-order valence-electron chi connectivity index (χ1n) is 7.22. The molecule has 1 aliphatic carbocycles. The Morgan fingerprint density at radius 1 is 1.35 bits per heavy atom. The van der Waals surface area contributed by atoms with Gasteiger partial charge in [0.05, 0.1) is 37.2 Å². The van der Waals surface area contributed by atoms with Crippen LogP contribution in [-0.4, -0.2) is 32.4 Å². The summed E-state index contributed by atoms with van der Waals surface area (Å²) in [6, 6.07) is 3.40. The molecule has 3 rings (SSSR count). The van der Waals surface area contributed by atoms with Gasteiger partial charge in [0, 0.05) is 18.7 Å². The lowest BCUT2D eigenvalue weighted by atomic mass is 9.89. The van der Waals surface area contributed by atoms with Crippen LogP contribution in [0.15, 0.2) is 12.1 Å². The molecule has 0 radical (unpaired) electrons. The maximum atomic E-state index is 13.7. The number of methoxy groups -OCH3 is 1.